The van der Waals surface area contributed by atoms with Gasteiger partial charge in [-0.05, 0) is 19.9 Å². The molecule has 1 aromatic heterocycles. The van der Waals surface area contributed by atoms with Crippen molar-refractivity contribution in [2.75, 3.05) is 7.11 Å². The monoisotopic (exact) mass is 331 g/mol. The van der Waals surface area contributed by atoms with Crippen molar-refractivity contribution >= 4 is 34.5 Å². The van der Waals surface area contributed by atoms with E-state index in [-0.39, 0.29) is 0 Å². The Hall–Kier alpha value is -0.970. The van der Waals surface area contributed by atoms with E-state index in [9.17, 15) is 0 Å². The fourth-order valence-corrected chi connectivity index (χ4v) is 3.05. The average molecular weight is 332 g/mol. The van der Waals surface area contributed by atoms with E-state index in [1.165, 1.54) is 4.88 Å². The SMILES string of the molecule is COc1cc(Cl)cc(CCl)c1OCc1nc(C)c(C)s1. The van der Waals surface area contributed by atoms with Crippen LogP contribution in [0.5, 0.6) is 11.5 Å². The van der Waals surface area contributed by atoms with Gasteiger partial charge in [-0.1, -0.05) is 11.6 Å². The molecular weight excluding hydrogens is 317 g/mol. The second-order valence-corrected chi connectivity index (χ2v) is 6.26. The lowest BCUT2D eigenvalue weighted by Crippen LogP contribution is -2.00. The molecule has 0 N–H and O–H groups in total. The molecule has 0 saturated heterocycles. The molecule has 2 aromatic rings. The van der Waals surface area contributed by atoms with Gasteiger partial charge in [0.15, 0.2) is 11.5 Å². The quantitative estimate of drug-likeness (QED) is 0.741. The van der Waals surface area contributed by atoms with Gasteiger partial charge in [-0.25, -0.2) is 4.98 Å². The van der Waals surface area contributed by atoms with E-state index in [4.69, 9.17) is 32.7 Å². The molecule has 3 nitrogen and oxygen atoms in total. The zero-order valence-corrected chi connectivity index (χ0v) is 13.8. The number of nitrogens with zero attached hydrogens (tertiary/aromatic N) is 1. The number of aryl methyl sites for hydroxylation is 2. The average Bonchev–Trinajstić information content (AvgIpc) is 2.75. The molecule has 6 heteroatoms. The van der Waals surface area contributed by atoms with Crippen molar-refractivity contribution in [2.45, 2.75) is 26.3 Å². The Morgan fingerprint density at radius 1 is 1.30 bits per heavy atom. The van der Waals surface area contributed by atoms with Gasteiger partial charge in [-0.15, -0.1) is 22.9 Å². The minimum Gasteiger partial charge on any atom is -0.493 e. The molecule has 0 spiro atoms. The van der Waals surface area contributed by atoms with Crippen LogP contribution in [0, 0.1) is 13.8 Å². The van der Waals surface area contributed by atoms with E-state index in [0.717, 1.165) is 16.3 Å². The molecule has 0 aliphatic rings. The molecule has 2 rings (SSSR count). The predicted octanol–water partition coefficient (Wildman–Crippen LogP) is 4.74. The number of benzene rings is 1. The van der Waals surface area contributed by atoms with Gasteiger partial charge in [0.1, 0.15) is 11.6 Å². The van der Waals surface area contributed by atoms with Crippen molar-refractivity contribution in [1.82, 2.24) is 4.98 Å². The summed E-state index contributed by atoms with van der Waals surface area (Å²) in [5, 5.41) is 1.50. The first-order valence-electron chi connectivity index (χ1n) is 6.03. The summed E-state index contributed by atoms with van der Waals surface area (Å²) < 4.78 is 11.1. The van der Waals surface area contributed by atoms with Gasteiger partial charge in [0, 0.05) is 21.5 Å². The van der Waals surface area contributed by atoms with Crippen molar-refractivity contribution < 1.29 is 9.47 Å². The number of rotatable bonds is 5. The fraction of sp³-hybridized carbons (Fsp3) is 0.357. The molecule has 1 heterocycles. The maximum atomic E-state index is 6.02. The molecule has 0 unspecified atom stereocenters. The molecule has 0 saturated carbocycles. The van der Waals surface area contributed by atoms with Crippen molar-refractivity contribution in [3.63, 3.8) is 0 Å². The summed E-state index contributed by atoms with van der Waals surface area (Å²) in [5.74, 6) is 1.51. The van der Waals surface area contributed by atoms with Crippen LogP contribution < -0.4 is 9.47 Å². The van der Waals surface area contributed by atoms with Crippen molar-refractivity contribution in [3.8, 4) is 11.5 Å². The van der Waals surface area contributed by atoms with Crippen LogP contribution in [-0.2, 0) is 12.5 Å². The van der Waals surface area contributed by atoms with Gasteiger partial charge in [-0.2, -0.15) is 0 Å². The first-order valence-corrected chi connectivity index (χ1v) is 7.76. The lowest BCUT2D eigenvalue weighted by Gasteiger charge is -2.13. The molecule has 1 aromatic carbocycles. The maximum absolute atomic E-state index is 6.02. The van der Waals surface area contributed by atoms with Crippen LogP contribution in [0.25, 0.3) is 0 Å². The molecule has 0 aliphatic heterocycles. The first kappa shape index (κ1) is 15.4. The molecule has 0 radical (unpaired) electrons. The summed E-state index contributed by atoms with van der Waals surface area (Å²) in [5.41, 5.74) is 1.84. The summed E-state index contributed by atoms with van der Waals surface area (Å²) in [6, 6.07) is 3.50. The molecular formula is C14H15Cl2NO2S. The number of hydrogen-bond donors (Lipinski definition) is 0. The third-order valence-corrected chi connectivity index (χ3v) is 4.43. The second kappa shape index (κ2) is 6.66. The highest BCUT2D eigenvalue weighted by atomic mass is 35.5. The normalized spacial score (nSPS) is 10.7. The number of aromatic nitrogens is 1. The van der Waals surface area contributed by atoms with Gasteiger partial charge in [-0.3, -0.25) is 0 Å². The summed E-state index contributed by atoms with van der Waals surface area (Å²) >= 11 is 13.6. The van der Waals surface area contributed by atoms with E-state index in [1.54, 1.807) is 30.6 Å². The number of thiazole rings is 1. The first-order chi connectivity index (χ1) is 9.55. The molecule has 0 atom stereocenters. The molecule has 20 heavy (non-hydrogen) atoms. The summed E-state index contributed by atoms with van der Waals surface area (Å²) in [4.78, 5) is 5.65. The van der Waals surface area contributed by atoms with E-state index < -0.39 is 0 Å². The van der Waals surface area contributed by atoms with E-state index in [1.807, 2.05) is 13.8 Å². The number of halogens is 2. The van der Waals surface area contributed by atoms with E-state index in [0.29, 0.717) is 29.0 Å². The lowest BCUT2D eigenvalue weighted by atomic mass is 10.2. The van der Waals surface area contributed by atoms with Gasteiger partial charge in [0.05, 0.1) is 18.7 Å². The van der Waals surface area contributed by atoms with Crippen LogP contribution in [0.15, 0.2) is 12.1 Å². The minimum absolute atomic E-state index is 0.308. The highest BCUT2D eigenvalue weighted by molar-refractivity contribution is 7.11. The maximum Gasteiger partial charge on any atom is 0.166 e. The second-order valence-electron chi connectivity index (χ2n) is 4.27. The summed E-state index contributed by atoms with van der Waals surface area (Å²) in [7, 11) is 1.58. The van der Waals surface area contributed by atoms with Gasteiger partial charge in [0.25, 0.3) is 0 Å². The lowest BCUT2D eigenvalue weighted by molar-refractivity contribution is 0.281. The molecule has 0 aliphatic carbocycles. The predicted molar refractivity (Wildman–Crippen MR) is 83.5 cm³/mol. The Morgan fingerprint density at radius 3 is 2.60 bits per heavy atom. The fourth-order valence-electron chi connectivity index (χ4n) is 1.77. The Morgan fingerprint density at radius 2 is 2.05 bits per heavy atom. The molecule has 0 fully saturated rings. The van der Waals surface area contributed by atoms with Crippen LogP contribution in [-0.4, -0.2) is 12.1 Å². The molecule has 0 bridgehead atoms. The highest BCUT2D eigenvalue weighted by Crippen LogP contribution is 2.36. The van der Waals surface area contributed by atoms with Crippen molar-refractivity contribution in [3.05, 3.63) is 38.3 Å². The van der Waals surface area contributed by atoms with Crippen molar-refractivity contribution in [2.24, 2.45) is 0 Å². The Labute approximate surface area is 132 Å². The smallest absolute Gasteiger partial charge is 0.166 e. The zero-order chi connectivity index (χ0) is 14.7. The number of hydrogen-bond acceptors (Lipinski definition) is 4. The largest absolute Gasteiger partial charge is 0.493 e. The van der Waals surface area contributed by atoms with E-state index >= 15 is 0 Å². The Bertz CT molecular complexity index is 569. The third kappa shape index (κ3) is 3.37. The number of alkyl halides is 1. The zero-order valence-electron chi connectivity index (χ0n) is 11.5. The number of ether oxygens (including phenoxy) is 2. The van der Waals surface area contributed by atoms with E-state index in [2.05, 4.69) is 4.98 Å². The highest BCUT2D eigenvalue weighted by Gasteiger charge is 2.13. The van der Waals surface area contributed by atoms with Crippen LogP contribution in [0.4, 0.5) is 0 Å². The Balaban J connectivity index is 2.23. The van der Waals surface area contributed by atoms with Gasteiger partial charge < -0.3 is 9.47 Å². The minimum atomic E-state index is 0.308. The third-order valence-electron chi connectivity index (χ3n) is 2.87. The molecule has 108 valence electrons. The topological polar surface area (TPSA) is 31.4 Å². The Kier molecular flexibility index (Phi) is 5.13. The van der Waals surface area contributed by atoms with Crippen LogP contribution >= 0.6 is 34.5 Å². The van der Waals surface area contributed by atoms with Crippen LogP contribution in [0.2, 0.25) is 5.02 Å². The summed E-state index contributed by atoms with van der Waals surface area (Å²) in [6.45, 7) is 4.42. The van der Waals surface area contributed by atoms with Crippen LogP contribution in [0.3, 0.4) is 0 Å². The van der Waals surface area contributed by atoms with Gasteiger partial charge in [0.2, 0.25) is 0 Å². The van der Waals surface area contributed by atoms with Crippen molar-refractivity contribution in [1.29, 1.82) is 0 Å². The standard InChI is InChI=1S/C14H15Cl2NO2S/c1-8-9(2)20-13(17-8)7-19-14-10(6-15)4-11(16)5-12(14)18-3/h4-5H,6-7H2,1-3H3. The van der Waals surface area contributed by atoms with Crippen LogP contribution in [0.1, 0.15) is 21.1 Å². The van der Waals surface area contributed by atoms with Gasteiger partial charge >= 0.3 is 0 Å². The molecule has 0 amide bonds. The summed E-state index contributed by atoms with van der Waals surface area (Å²) in [6.07, 6.45) is 0. The number of methoxy groups -OCH3 is 1.